The van der Waals surface area contributed by atoms with E-state index in [0.29, 0.717) is 5.69 Å². The normalized spacial score (nSPS) is 10.6. The lowest BCUT2D eigenvalue weighted by Gasteiger charge is -1.99. The first-order valence-corrected chi connectivity index (χ1v) is 6.23. The molecular weight excluding hydrogens is 310 g/mol. The first-order valence-electron chi connectivity index (χ1n) is 5.44. The predicted octanol–water partition coefficient (Wildman–Crippen LogP) is 3.80. The quantitative estimate of drug-likeness (QED) is 0.529. The highest BCUT2D eigenvalue weighted by molar-refractivity contribution is 9.10. The number of hydrogen-bond donors (Lipinski definition) is 1. The van der Waals surface area contributed by atoms with Gasteiger partial charge in [-0.25, -0.2) is 0 Å². The van der Waals surface area contributed by atoms with Gasteiger partial charge in [0, 0.05) is 16.6 Å². The molecule has 0 radical (unpaired) electrons. The average molecular weight is 320 g/mol. The van der Waals surface area contributed by atoms with Crippen LogP contribution in [0.5, 0.6) is 0 Å². The van der Waals surface area contributed by atoms with Gasteiger partial charge in [-0.3, -0.25) is 15.5 Å². The van der Waals surface area contributed by atoms with Crippen LogP contribution in [0, 0.1) is 10.1 Å². The third-order valence-corrected chi connectivity index (χ3v) is 2.83. The number of halogens is 1. The molecule has 19 heavy (non-hydrogen) atoms. The molecule has 2 aromatic rings. The molecule has 0 unspecified atom stereocenters. The fraction of sp³-hybridized carbons (Fsp3) is 0. The van der Waals surface area contributed by atoms with Crippen LogP contribution in [0.15, 0.2) is 58.1 Å². The standard InChI is InChI=1S/C13H10BrN3O2/c14-11-3-1-2-10(8-11)9-15-16-12-4-6-13(7-5-12)17(18)19/h1-9,16H. The maximum atomic E-state index is 10.5. The second-order valence-corrected chi connectivity index (χ2v) is 4.64. The number of rotatable bonds is 4. The Hall–Kier alpha value is -2.21. The Morgan fingerprint density at radius 1 is 1.21 bits per heavy atom. The van der Waals surface area contributed by atoms with Gasteiger partial charge in [-0.2, -0.15) is 5.10 Å². The summed E-state index contributed by atoms with van der Waals surface area (Å²) in [5.41, 5.74) is 4.51. The third kappa shape index (κ3) is 3.89. The molecule has 5 nitrogen and oxygen atoms in total. The van der Waals surface area contributed by atoms with Gasteiger partial charge in [0.2, 0.25) is 0 Å². The molecule has 2 rings (SSSR count). The Labute approximate surface area is 118 Å². The van der Waals surface area contributed by atoms with Crippen LogP contribution in [-0.4, -0.2) is 11.1 Å². The van der Waals surface area contributed by atoms with Crippen molar-refractivity contribution in [2.75, 3.05) is 5.43 Å². The highest BCUT2D eigenvalue weighted by Gasteiger charge is 2.02. The second-order valence-electron chi connectivity index (χ2n) is 3.73. The number of hydrazone groups is 1. The minimum Gasteiger partial charge on any atom is -0.278 e. The van der Waals surface area contributed by atoms with Crippen LogP contribution in [0.4, 0.5) is 11.4 Å². The maximum absolute atomic E-state index is 10.5. The predicted molar refractivity (Wildman–Crippen MR) is 78.5 cm³/mol. The number of hydrogen-bond acceptors (Lipinski definition) is 4. The lowest BCUT2D eigenvalue weighted by atomic mass is 10.2. The van der Waals surface area contributed by atoms with E-state index in [1.54, 1.807) is 18.3 Å². The SMILES string of the molecule is O=[N+]([O-])c1ccc(NN=Cc2cccc(Br)c2)cc1. The van der Waals surface area contributed by atoms with Crippen molar-refractivity contribution in [3.63, 3.8) is 0 Å². The topological polar surface area (TPSA) is 67.5 Å². The molecule has 0 aromatic heterocycles. The highest BCUT2D eigenvalue weighted by Crippen LogP contribution is 2.15. The lowest BCUT2D eigenvalue weighted by Crippen LogP contribution is -1.92. The molecule has 0 spiro atoms. The van der Waals surface area contributed by atoms with Crippen molar-refractivity contribution in [3.05, 3.63) is 68.7 Å². The van der Waals surface area contributed by atoms with Crippen molar-refractivity contribution in [2.24, 2.45) is 5.10 Å². The first kappa shape index (κ1) is 13.2. The zero-order chi connectivity index (χ0) is 13.7. The molecule has 0 amide bonds. The number of nitrogens with zero attached hydrogens (tertiary/aromatic N) is 2. The van der Waals surface area contributed by atoms with E-state index in [-0.39, 0.29) is 5.69 Å². The molecule has 0 saturated heterocycles. The molecule has 96 valence electrons. The average Bonchev–Trinajstić information content (AvgIpc) is 2.39. The molecule has 0 heterocycles. The van der Waals surface area contributed by atoms with Gasteiger partial charge in [0.1, 0.15) is 0 Å². The molecule has 0 bridgehead atoms. The monoisotopic (exact) mass is 319 g/mol. The zero-order valence-electron chi connectivity index (χ0n) is 9.79. The van der Waals surface area contributed by atoms with Crippen LogP contribution < -0.4 is 5.43 Å². The highest BCUT2D eigenvalue weighted by atomic mass is 79.9. The van der Waals surface area contributed by atoms with Crippen molar-refractivity contribution in [2.45, 2.75) is 0 Å². The second kappa shape index (κ2) is 6.10. The summed E-state index contributed by atoms with van der Waals surface area (Å²) in [4.78, 5) is 10.1. The van der Waals surface area contributed by atoms with Gasteiger partial charge < -0.3 is 0 Å². The summed E-state index contributed by atoms with van der Waals surface area (Å²) in [6.07, 6.45) is 1.67. The number of non-ortho nitro benzene ring substituents is 1. The number of nitro benzene ring substituents is 1. The molecular formula is C13H10BrN3O2. The van der Waals surface area contributed by atoms with E-state index < -0.39 is 4.92 Å². The van der Waals surface area contributed by atoms with E-state index in [1.807, 2.05) is 24.3 Å². The Kier molecular flexibility index (Phi) is 4.25. The Bertz CT molecular complexity index is 612. The van der Waals surface area contributed by atoms with Crippen molar-refractivity contribution in [1.82, 2.24) is 0 Å². The first-order chi connectivity index (χ1) is 9.15. The summed E-state index contributed by atoms with van der Waals surface area (Å²) in [5, 5.41) is 14.6. The molecule has 2 aromatic carbocycles. The maximum Gasteiger partial charge on any atom is 0.269 e. The van der Waals surface area contributed by atoms with Gasteiger partial charge >= 0.3 is 0 Å². The van der Waals surface area contributed by atoms with Gasteiger partial charge in [0.15, 0.2) is 0 Å². The molecule has 0 aliphatic heterocycles. The molecule has 0 atom stereocenters. The molecule has 1 N–H and O–H groups in total. The lowest BCUT2D eigenvalue weighted by molar-refractivity contribution is -0.384. The van der Waals surface area contributed by atoms with E-state index in [4.69, 9.17) is 0 Å². The van der Waals surface area contributed by atoms with Crippen LogP contribution in [0.1, 0.15) is 5.56 Å². The van der Waals surface area contributed by atoms with E-state index in [0.717, 1.165) is 10.0 Å². The van der Waals surface area contributed by atoms with Crippen molar-refractivity contribution < 1.29 is 4.92 Å². The van der Waals surface area contributed by atoms with Crippen molar-refractivity contribution in [3.8, 4) is 0 Å². The van der Waals surface area contributed by atoms with Gasteiger partial charge in [0.05, 0.1) is 16.8 Å². The Morgan fingerprint density at radius 3 is 2.58 bits per heavy atom. The van der Waals surface area contributed by atoms with Gasteiger partial charge in [-0.1, -0.05) is 28.1 Å². The molecule has 0 aliphatic rings. The van der Waals surface area contributed by atoms with Crippen LogP contribution >= 0.6 is 15.9 Å². The summed E-state index contributed by atoms with van der Waals surface area (Å²) < 4.78 is 0.979. The largest absolute Gasteiger partial charge is 0.278 e. The Balaban J connectivity index is 2.00. The van der Waals surface area contributed by atoms with Crippen LogP contribution in [0.3, 0.4) is 0 Å². The molecule has 6 heteroatoms. The summed E-state index contributed by atoms with van der Waals surface area (Å²) in [7, 11) is 0. The van der Waals surface area contributed by atoms with Crippen molar-refractivity contribution in [1.29, 1.82) is 0 Å². The third-order valence-electron chi connectivity index (χ3n) is 2.33. The summed E-state index contributed by atoms with van der Waals surface area (Å²) in [6, 6.07) is 13.8. The molecule has 0 aliphatic carbocycles. The zero-order valence-corrected chi connectivity index (χ0v) is 11.4. The van der Waals surface area contributed by atoms with Gasteiger partial charge in [0.25, 0.3) is 5.69 Å². The van der Waals surface area contributed by atoms with Crippen LogP contribution in [0.25, 0.3) is 0 Å². The molecule has 0 fully saturated rings. The summed E-state index contributed by atoms with van der Waals surface area (Å²) >= 11 is 3.37. The number of nitro groups is 1. The minimum atomic E-state index is -0.436. The van der Waals surface area contributed by atoms with E-state index in [9.17, 15) is 10.1 Å². The van der Waals surface area contributed by atoms with Crippen molar-refractivity contribution >= 4 is 33.5 Å². The number of nitrogens with one attached hydrogen (secondary N) is 1. The fourth-order valence-electron chi connectivity index (χ4n) is 1.43. The number of anilines is 1. The van der Waals surface area contributed by atoms with E-state index in [1.165, 1.54) is 12.1 Å². The fourth-order valence-corrected chi connectivity index (χ4v) is 1.84. The summed E-state index contributed by atoms with van der Waals surface area (Å²) in [5.74, 6) is 0. The van der Waals surface area contributed by atoms with Gasteiger partial charge in [-0.05, 0) is 29.8 Å². The summed E-state index contributed by atoms with van der Waals surface area (Å²) in [6.45, 7) is 0. The van der Waals surface area contributed by atoms with E-state index in [2.05, 4.69) is 26.5 Å². The van der Waals surface area contributed by atoms with Crippen LogP contribution in [0.2, 0.25) is 0 Å². The minimum absolute atomic E-state index is 0.0570. The Morgan fingerprint density at radius 2 is 1.95 bits per heavy atom. The smallest absolute Gasteiger partial charge is 0.269 e. The van der Waals surface area contributed by atoms with E-state index >= 15 is 0 Å². The number of benzene rings is 2. The molecule has 0 saturated carbocycles. The van der Waals surface area contributed by atoms with Gasteiger partial charge in [-0.15, -0.1) is 0 Å². The van der Waals surface area contributed by atoms with Crippen LogP contribution in [-0.2, 0) is 0 Å².